The largest absolute Gasteiger partial charge is 0.373 e. The van der Waals surface area contributed by atoms with Gasteiger partial charge in [-0.15, -0.1) is 11.6 Å². The second-order valence-corrected chi connectivity index (χ2v) is 5.15. The summed E-state index contributed by atoms with van der Waals surface area (Å²) in [6.07, 6.45) is 1.57. The molecule has 0 saturated carbocycles. The number of hydrogen-bond acceptors (Lipinski definition) is 5. The van der Waals surface area contributed by atoms with Gasteiger partial charge in [-0.3, -0.25) is 0 Å². The van der Waals surface area contributed by atoms with Crippen molar-refractivity contribution < 1.29 is 4.74 Å². The lowest BCUT2D eigenvalue weighted by Crippen LogP contribution is -2.49. The zero-order valence-electron chi connectivity index (χ0n) is 11.0. The number of ether oxygens (including phenoxy) is 1. The highest BCUT2D eigenvalue weighted by Crippen LogP contribution is 2.22. The van der Waals surface area contributed by atoms with Crippen molar-refractivity contribution in [3.8, 4) is 0 Å². The lowest BCUT2D eigenvalue weighted by atomic mass is 10.2. The molecule has 2 atom stereocenters. The molecule has 0 amide bonds. The van der Waals surface area contributed by atoms with Crippen molar-refractivity contribution in [2.45, 2.75) is 26.0 Å². The van der Waals surface area contributed by atoms with Gasteiger partial charge in [0.1, 0.15) is 12.1 Å². The molecule has 102 valence electrons. The van der Waals surface area contributed by atoms with Crippen LogP contribution in [-0.2, 0) is 4.74 Å². The van der Waals surface area contributed by atoms with Crippen LogP contribution in [0.2, 0.25) is 0 Å². The Bertz CT molecular complexity index is 587. The molecule has 6 nitrogen and oxygen atoms in total. The van der Waals surface area contributed by atoms with Crippen LogP contribution in [0, 0.1) is 6.92 Å². The fourth-order valence-corrected chi connectivity index (χ4v) is 2.53. The van der Waals surface area contributed by atoms with E-state index in [9.17, 15) is 0 Å². The van der Waals surface area contributed by atoms with Crippen LogP contribution in [0.25, 0.3) is 5.78 Å². The van der Waals surface area contributed by atoms with Crippen LogP contribution in [0.5, 0.6) is 0 Å². The molecule has 7 heteroatoms. The number of hydrogen-bond donors (Lipinski definition) is 0. The van der Waals surface area contributed by atoms with Gasteiger partial charge in [0.2, 0.25) is 0 Å². The molecule has 3 rings (SSSR count). The van der Waals surface area contributed by atoms with E-state index in [2.05, 4.69) is 26.9 Å². The molecule has 2 aromatic heterocycles. The van der Waals surface area contributed by atoms with Crippen LogP contribution in [0.3, 0.4) is 0 Å². The molecule has 0 bridgehead atoms. The minimum atomic E-state index is 0.0462. The number of rotatable bonds is 2. The van der Waals surface area contributed by atoms with E-state index in [1.165, 1.54) is 6.33 Å². The minimum absolute atomic E-state index is 0.0462. The summed E-state index contributed by atoms with van der Waals surface area (Å²) in [5, 5.41) is 4.25. The minimum Gasteiger partial charge on any atom is -0.373 e. The van der Waals surface area contributed by atoms with E-state index < -0.39 is 0 Å². The van der Waals surface area contributed by atoms with E-state index in [0.717, 1.165) is 18.1 Å². The van der Waals surface area contributed by atoms with E-state index in [4.69, 9.17) is 16.3 Å². The molecular formula is C12H16ClN5O. The summed E-state index contributed by atoms with van der Waals surface area (Å²) in [4.78, 5) is 10.8. The molecular weight excluding hydrogens is 266 g/mol. The Kier molecular flexibility index (Phi) is 3.28. The Morgan fingerprint density at radius 1 is 1.53 bits per heavy atom. The molecule has 2 unspecified atom stereocenters. The van der Waals surface area contributed by atoms with Gasteiger partial charge in [0.15, 0.2) is 0 Å². The second kappa shape index (κ2) is 4.94. The third-order valence-corrected chi connectivity index (χ3v) is 3.68. The quantitative estimate of drug-likeness (QED) is 0.776. The zero-order chi connectivity index (χ0) is 13.4. The maximum atomic E-state index is 5.91. The highest BCUT2D eigenvalue weighted by Gasteiger charge is 2.27. The molecule has 0 N–H and O–H groups in total. The summed E-state index contributed by atoms with van der Waals surface area (Å²) >= 11 is 5.91. The lowest BCUT2D eigenvalue weighted by molar-refractivity contribution is 0.0359. The molecule has 0 spiro atoms. The summed E-state index contributed by atoms with van der Waals surface area (Å²) in [5.74, 6) is 2.11. The molecule has 0 aromatic carbocycles. The zero-order valence-corrected chi connectivity index (χ0v) is 11.7. The van der Waals surface area contributed by atoms with E-state index in [1.54, 1.807) is 4.52 Å². The van der Waals surface area contributed by atoms with Crippen LogP contribution >= 0.6 is 11.6 Å². The fourth-order valence-electron chi connectivity index (χ4n) is 2.35. The molecule has 1 aliphatic rings. The summed E-state index contributed by atoms with van der Waals surface area (Å²) in [6, 6.07) is 2.29. The van der Waals surface area contributed by atoms with Crippen molar-refractivity contribution in [2.75, 3.05) is 23.9 Å². The number of aromatic nitrogens is 4. The molecule has 1 aliphatic heterocycles. The van der Waals surface area contributed by atoms with Gasteiger partial charge < -0.3 is 9.64 Å². The SMILES string of the molecule is Cc1cc(N2CC(CCl)OCC2C)n2ncnc2n1. The third kappa shape index (κ3) is 2.26. The van der Waals surface area contributed by atoms with Gasteiger partial charge in [-0.25, -0.2) is 4.98 Å². The van der Waals surface area contributed by atoms with Crippen LogP contribution in [0.1, 0.15) is 12.6 Å². The summed E-state index contributed by atoms with van der Waals surface area (Å²) in [7, 11) is 0. The normalized spacial score (nSPS) is 24.1. The number of nitrogens with zero attached hydrogens (tertiary/aromatic N) is 5. The average molecular weight is 282 g/mol. The summed E-state index contributed by atoms with van der Waals surface area (Å²) < 4.78 is 7.44. The molecule has 0 aliphatic carbocycles. The first-order valence-corrected chi connectivity index (χ1v) is 6.84. The summed E-state index contributed by atoms with van der Waals surface area (Å²) in [5.41, 5.74) is 0.927. The van der Waals surface area contributed by atoms with E-state index in [1.807, 2.05) is 13.0 Å². The topological polar surface area (TPSA) is 55.6 Å². The maximum absolute atomic E-state index is 5.91. The highest BCUT2D eigenvalue weighted by molar-refractivity contribution is 6.18. The second-order valence-electron chi connectivity index (χ2n) is 4.84. The molecule has 0 radical (unpaired) electrons. The number of anilines is 1. The highest BCUT2D eigenvalue weighted by atomic mass is 35.5. The number of fused-ring (bicyclic) bond motifs is 1. The van der Waals surface area contributed by atoms with Crippen molar-refractivity contribution in [3.05, 3.63) is 18.1 Å². The first-order chi connectivity index (χ1) is 9.19. The molecule has 19 heavy (non-hydrogen) atoms. The number of alkyl halides is 1. The van der Waals surface area contributed by atoms with Gasteiger partial charge in [-0.05, 0) is 13.8 Å². The first kappa shape index (κ1) is 12.6. The van der Waals surface area contributed by atoms with Crippen LogP contribution in [-0.4, -0.2) is 50.8 Å². The van der Waals surface area contributed by atoms with Crippen molar-refractivity contribution in [1.29, 1.82) is 0 Å². The average Bonchev–Trinajstić information content (AvgIpc) is 2.86. The Labute approximate surface area is 116 Å². The fraction of sp³-hybridized carbons (Fsp3) is 0.583. The number of morpholine rings is 1. The predicted molar refractivity (Wildman–Crippen MR) is 72.8 cm³/mol. The molecule has 3 heterocycles. The maximum Gasteiger partial charge on any atom is 0.254 e. The van der Waals surface area contributed by atoms with Crippen LogP contribution in [0.4, 0.5) is 5.82 Å². The van der Waals surface area contributed by atoms with Gasteiger partial charge in [0.25, 0.3) is 5.78 Å². The van der Waals surface area contributed by atoms with Gasteiger partial charge in [0.05, 0.1) is 24.6 Å². The van der Waals surface area contributed by atoms with Crippen molar-refractivity contribution in [2.24, 2.45) is 0 Å². The molecule has 1 saturated heterocycles. The predicted octanol–water partition coefficient (Wildman–Crippen LogP) is 1.27. The molecule has 1 fully saturated rings. The van der Waals surface area contributed by atoms with Crippen molar-refractivity contribution in [1.82, 2.24) is 19.6 Å². The van der Waals surface area contributed by atoms with Crippen molar-refractivity contribution >= 4 is 23.2 Å². The molecule has 2 aromatic rings. The number of aryl methyl sites for hydroxylation is 1. The Balaban J connectivity index is 2.04. The van der Waals surface area contributed by atoms with Gasteiger partial charge in [-0.1, -0.05) is 0 Å². The van der Waals surface area contributed by atoms with E-state index >= 15 is 0 Å². The standard InChI is InChI=1S/C12H16ClN5O/c1-8-3-11(18-12(16-8)14-7-15-18)17-5-10(4-13)19-6-9(17)2/h3,7,9-10H,4-6H2,1-2H3. The summed E-state index contributed by atoms with van der Waals surface area (Å²) in [6.45, 7) is 5.50. The van der Waals surface area contributed by atoms with E-state index in [-0.39, 0.29) is 12.1 Å². The van der Waals surface area contributed by atoms with E-state index in [0.29, 0.717) is 18.3 Å². The van der Waals surface area contributed by atoms with Crippen LogP contribution < -0.4 is 4.90 Å². The first-order valence-electron chi connectivity index (χ1n) is 6.30. The van der Waals surface area contributed by atoms with Crippen LogP contribution in [0.15, 0.2) is 12.4 Å². The van der Waals surface area contributed by atoms with Crippen molar-refractivity contribution in [3.63, 3.8) is 0 Å². The van der Waals surface area contributed by atoms with Gasteiger partial charge >= 0.3 is 0 Å². The lowest BCUT2D eigenvalue weighted by Gasteiger charge is -2.38. The monoisotopic (exact) mass is 281 g/mol. The Hall–Kier alpha value is -1.40. The third-order valence-electron chi connectivity index (χ3n) is 3.33. The van der Waals surface area contributed by atoms with Gasteiger partial charge in [-0.2, -0.15) is 14.6 Å². The van der Waals surface area contributed by atoms with Gasteiger partial charge in [0, 0.05) is 18.3 Å². The Morgan fingerprint density at radius 2 is 2.37 bits per heavy atom. The Morgan fingerprint density at radius 3 is 3.16 bits per heavy atom. The smallest absolute Gasteiger partial charge is 0.254 e. The number of halogens is 1.